The Morgan fingerprint density at radius 3 is 2.46 bits per heavy atom. The van der Waals surface area contributed by atoms with Crippen LogP contribution in [0.3, 0.4) is 0 Å². The van der Waals surface area contributed by atoms with Crippen molar-refractivity contribution in [1.82, 2.24) is 9.97 Å². The molecular weight excluding hydrogens is 514 g/mol. The number of nitrogens with zero attached hydrogens (tertiary/aromatic N) is 2. The molecule has 0 saturated carbocycles. The molecule has 0 atom stereocenters. The Kier molecular flexibility index (Phi) is 7.52. The van der Waals surface area contributed by atoms with E-state index in [9.17, 15) is 13.5 Å². The van der Waals surface area contributed by atoms with Crippen molar-refractivity contribution >= 4 is 21.4 Å². The van der Waals surface area contributed by atoms with Gasteiger partial charge in [0.25, 0.3) is 0 Å². The van der Waals surface area contributed by atoms with Crippen LogP contribution in [0.4, 0.5) is 0 Å². The van der Waals surface area contributed by atoms with Gasteiger partial charge in [-0.1, -0.05) is 30.3 Å². The summed E-state index contributed by atoms with van der Waals surface area (Å²) in [7, 11) is -3.79. The number of sulfonamides is 1. The van der Waals surface area contributed by atoms with E-state index in [1.165, 1.54) is 23.5 Å². The van der Waals surface area contributed by atoms with E-state index in [4.69, 9.17) is 24.0 Å². The topological polar surface area (TPSA) is 138 Å². The summed E-state index contributed by atoms with van der Waals surface area (Å²) in [6, 6.07) is 15.8. The molecular formula is C26H27N3O6S2. The maximum absolute atomic E-state index is 11.6. The summed E-state index contributed by atoms with van der Waals surface area (Å²) < 4.78 is 40.5. The van der Waals surface area contributed by atoms with Crippen LogP contribution in [0.2, 0.25) is 0 Å². The van der Waals surface area contributed by atoms with E-state index in [1.54, 1.807) is 12.1 Å². The van der Waals surface area contributed by atoms with Gasteiger partial charge in [0.15, 0.2) is 11.7 Å². The number of rotatable bonds is 9. The molecule has 3 N–H and O–H groups in total. The molecule has 11 heteroatoms. The minimum atomic E-state index is -3.79. The van der Waals surface area contributed by atoms with Crippen LogP contribution >= 0.6 is 11.3 Å². The van der Waals surface area contributed by atoms with Crippen molar-refractivity contribution < 1.29 is 27.4 Å². The van der Waals surface area contributed by atoms with Gasteiger partial charge in [-0.25, -0.2) is 23.5 Å². The fourth-order valence-electron chi connectivity index (χ4n) is 4.10. The fraction of sp³-hybridized carbons (Fsp3) is 0.308. The zero-order valence-electron chi connectivity index (χ0n) is 20.0. The van der Waals surface area contributed by atoms with Gasteiger partial charge in [0.1, 0.15) is 16.3 Å². The van der Waals surface area contributed by atoms with Crippen molar-refractivity contribution in [2.24, 2.45) is 5.14 Å². The van der Waals surface area contributed by atoms with Gasteiger partial charge in [0.05, 0.1) is 23.8 Å². The molecule has 1 fully saturated rings. The van der Waals surface area contributed by atoms with Gasteiger partial charge in [-0.05, 0) is 24.3 Å². The van der Waals surface area contributed by atoms with Gasteiger partial charge in [-0.2, -0.15) is 0 Å². The highest BCUT2D eigenvalue weighted by Gasteiger charge is 2.34. The molecule has 2 aromatic carbocycles. The van der Waals surface area contributed by atoms with Crippen LogP contribution in [-0.2, 0) is 38.1 Å². The lowest BCUT2D eigenvalue weighted by molar-refractivity contribution is -0.0681. The van der Waals surface area contributed by atoms with E-state index in [-0.39, 0.29) is 4.90 Å². The zero-order valence-corrected chi connectivity index (χ0v) is 21.6. The Hall–Kier alpha value is -2.93. The quantitative estimate of drug-likeness (QED) is 0.305. The maximum Gasteiger partial charge on any atom is 0.238 e. The monoisotopic (exact) mass is 541 g/mol. The average molecular weight is 542 g/mol. The van der Waals surface area contributed by atoms with Gasteiger partial charge >= 0.3 is 0 Å². The molecule has 1 saturated heterocycles. The highest BCUT2D eigenvalue weighted by molar-refractivity contribution is 7.89. The smallest absolute Gasteiger partial charge is 0.238 e. The first-order valence-corrected chi connectivity index (χ1v) is 14.3. The summed E-state index contributed by atoms with van der Waals surface area (Å²) in [4.78, 5) is 9.30. The molecule has 2 aromatic heterocycles. The highest BCUT2D eigenvalue weighted by atomic mass is 32.2. The molecule has 0 aliphatic carbocycles. The molecule has 0 radical (unpaired) electrons. The third-order valence-electron chi connectivity index (χ3n) is 6.14. The van der Waals surface area contributed by atoms with Gasteiger partial charge < -0.3 is 19.0 Å². The van der Waals surface area contributed by atoms with Crippen molar-refractivity contribution in [2.75, 3.05) is 19.8 Å². The third kappa shape index (κ3) is 5.98. The first-order chi connectivity index (χ1) is 17.8. The van der Waals surface area contributed by atoms with Crippen LogP contribution in [0.5, 0.6) is 0 Å². The van der Waals surface area contributed by atoms with E-state index in [0.717, 1.165) is 11.3 Å². The Morgan fingerprint density at radius 1 is 1.03 bits per heavy atom. The van der Waals surface area contributed by atoms with Crippen molar-refractivity contribution in [2.45, 2.75) is 36.4 Å². The number of oxazole rings is 1. The van der Waals surface area contributed by atoms with Crippen LogP contribution in [-0.4, -0.2) is 43.3 Å². The molecule has 0 unspecified atom stereocenters. The molecule has 9 nitrogen and oxygen atoms in total. The van der Waals surface area contributed by atoms with Crippen molar-refractivity contribution in [3.63, 3.8) is 0 Å². The summed E-state index contributed by atoms with van der Waals surface area (Å²) in [5, 5.41) is 18.7. The Labute approximate surface area is 219 Å². The molecule has 1 aliphatic rings. The van der Waals surface area contributed by atoms with Crippen molar-refractivity contribution in [1.29, 1.82) is 0 Å². The van der Waals surface area contributed by atoms with E-state index in [2.05, 4.69) is 4.98 Å². The predicted octanol–water partition coefficient (Wildman–Crippen LogP) is 3.87. The highest BCUT2D eigenvalue weighted by Crippen LogP contribution is 2.35. The number of ether oxygens (including phenoxy) is 2. The maximum atomic E-state index is 11.6. The summed E-state index contributed by atoms with van der Waals surface area (Å²) >= 11 is 1.44. The second-order valence-corrected chi connectivity index (χ2v) is 11.2. The summed E-state index contributed by atoms with van der Waals surface area (Å²) in [5.74, 6) is 1.04. The molecule has 4 aromatic rings. The molecule has 0 bridgehead atoms. The second-order valence-electron chi connectivity index (χ2n) is 8.81. The number of hydrogen-bond donors (Lipinski definition) is 2. The van der Waals surface area contributed by atoms with E-state index >= 15 is 0 Å². The standard InChI is InChI=1S/C26H27N3O6S2/c27-37(31,32)21-8-6-19(7-9-21)24-23(18-4-2-1-3-5-18)29-22(35-24)10-13-34-16-20-17-36-25(28-20)26(30)11-14-33-15-12-26/h1-9,17,30H,10-16H2,(H2,27,31,32). The van der Waals surface area contributed by atoms with Gasteiger partial charge in [-0.15, -0.1) is 11.3 Å². The molecule has 194 valence electrons. The Bertz CT molecular complexity index is 1440. The number of primary sulfonamides is 1. The third-order valence-corrected chi connectivity index (χ3v) is 8.16. The second kappa shape index (κ2) is 10.8. The van der Waals surface area contributed by atoms with Crippen LogP contribution in [0.15, 0.2) is 69.3 Å². The predicted molar refractivity (Wildman–Crippen MR) is 138 cm³/mol. The lowest BCUT2D eigenvalue weighted by Gasteiger charge is -2.29. The van der Waals surface area contributed by atoms with Gasteiger partial charge in [0, 0.05) is 49.0 Å². The molecule has 5 rings (SSSR count). The van der Waals surface area contributed by atoms with E-state index in [0.29, 0.717) is 73.6 Å². The molecule has 0 amide bonds. The minimum Gasteiger partial charge on any atom is -0.440 e. The Morgan fingerprint density at radius 2 is 1.76 bits per heavy atom. The first kappa shape index (κ1) is 25.7. The molecule has 1 aliphatic heterocycles. The lowest BCUT2D eigenvalue weighted by Crippen LogP contribution is -2.33. The van der Waals surface area contributed by atoms with E-state index in [1.807, 2.05) is 35.7 Å². The van der Waals surface area contributed by atoms with Crippen LogP contribution in [0, 0.1) is 0 Å². The largest absolute Gasteiger partial charge is 0.440 e. The average Bonchev–Trinajstić information content (AvgIpc) is 3.55. The van der Waals surface area contributed by atoms with Crippen LogP contribution < -0.4 is 5.14 Å². The first-order valence-electron chi connectivity index (χ1n) is 11.8. The number of nitrogens with two attached hydrogens (primary N) is 1. The number of aliphatic hydroxyl groups is 1. The van der Waals surface area contributed by atoms with Crippen LogP contribution in [0.1, 0.15) is 29.4 Å². The molecule has 0 spiro atoms. The number of hydrogen-bond acceptors (Lipinski definition) is 9. The van der Waals surface area contributed by atoms with E-state index < -0.39 is 15.6 Å². The fourth-order valence-corrected chi connectivity index (χ4v) is 5.58. The van der Waals surface area contributed by atoms with Gasteiger partial charge in [-0.3, -0.25) is 0 Å². The van der Waals surface area contributed by atoms with Crippen LogP contribution in [0.25, 0.3) is 22.6 Å². The number of thiazole rings is 1. The van der Waals surface area contributed by atoms with Crippen molar-refractivity contribution in [3.8, 4) is 22.6 Å². The SMILES string of the molecule is NS(=O)(=O)c1ccc(-c2oc(CCOCc3csc(C4(O)CCOCC4)n3)nc2-c2ccccc2)cc1. The van der Waals surface area contributed by atoms with Crippen molar-refractivity contribution in [3.05, 3.63) is 76.6 Å². The summed E-state index contributed by atoms with van der Waals surface area (Å²) in [5.41, 5.74) is 2.08. The molecule has 3 heterocycles. The number of aromatic nitrogens is 2. The zero-order chi connectivity index (χ0) is 25.9. The van der Waals surface area contributed by atoms with Gasteiger partial charge in [0.2, 0.25) is 10.0 Å². The summed E-state index contributed by atoms with van der Waals surface area (Å²) in [6.45, 7) is 1.74. The minimum absolute atomic E-state index is 0.0276. The number of benzene rings is 2. The molecule has 37 heavy (non-hydrogen) atoms. The lowest BCUT2D eigenvalue weighted by atomic mass is 9.95. The normalized spacial score (nSPS) is 15.6. The summed E-state index contributed by atoms with van der Waals surface area (Å²) in [6.07, 6.45) is 1.52. The Balaban J connectivity index is 1.27.